The molecule has 2 rings (SSSR count). The summed E-state index contributed by atoms with van der Waals surface area (Å²) in [6, 6.07) is 2.46. The molecule has 0 aliphatic heterocycles. The van der Waals surface area contributed by atoms with Crippen molar-refractivity contribution in [3.63, 3.8) is 0 Å². The van der Waals surface area contributed by atoms with Gasteiger partial charge in [-0.05, 0) is 12.1 Å². The maximum absolute atomic E-state index is 13.5. The smallest absolute Gasteiger partial charge is 0.383 e. The van der Waals surface area contributed by atoms with Crippen LogP contribution in [0.2, 0.25) is 0 Å². The largest absolute Gasteiger partial charge is 0.419 e. The summed E-state index contributed by atoms with van der Waals surface area (Å²) in [4.78, 5) is 7.80. The van der Waals surface area contributed by atoms with E-state index in [1.54, 1.807) is 0 Å². The van der Waals surface area contributed by atoms with Crippen LogP contribution in [0, 0.1) is 5.82 Å². The second-order valence-electron chi connectivity index (χ2n) is 3.93. The van der Waals surface area contributed by atoms with Crippen molar-refractivity contribution in [3.8, 4) is 11.4 Å². The summed E-state index contributed by atoms with van der Waals surface area (Å²) in [6.07, 6.45) is -1.94. The highest BCUT2D eigenvalue weighted by molar-refractivity contribution is 5.63. The van der Waals surface area contributed by atoms with Crippen LogP contribution in [0.4, 0.5) is 23.4 Å². The Morgan fingerprint density at radius 1 is 1.25 bits per heavy atom. The molecule has 0 amide bonds. The Morgan fingerprint density at radius 2 is 1.95 bits per heavy atom. The molecule has 7 heteroatoms. The van der Waals surface area contributed by atoms with Crippen LogP contribution < -0.4 is 5.73 Å². The van der Waals surface area contributed by atoms with E-state index in [-0.39, 0.29) is 17.2 Å². The molecule has 0 saturated carbocycles. The molecule has 0 spiro atoms. The van der Waals surface area contributed by atoms with Gasteiger partial charge in [0.1, 0.15) is 11.6 Å². The highest BCUT2D eigenvalue weighted by Gasteiger charge is 2.34. The van der Waals surface area contributed by atoms with Crippen LogP contribution in [0.3, 0.4) is 0 Å². The monoisotopic (exact) mass is 283 g/mol. The Labute approximate surface area is 111 Å². The number of rotatable bonds is 2. The molecule has 0 unspecified atom stereocenters. The molecule has 104 valence electrons. The van der Waals surface area contributed by atoms with Gasteiger partial charge in [0, 0.05) is 17.3 Å². The normalized spacial score (nSPS) is 11.4. The number of nitrogen functional groups attached to an aromatic ring is 1. The molecule has 1 aromatic carbocycles. The fraction of sp³-hybridized carbons (Fsp3) is 0.0769. The quantitative estimate of drug-likeness (QED) is 0.858. The molecule has 20 heavy (non-hydrogen) atoms. The van der Waals surface area contributed by atoms with Gasteiger partial charge in [0.15, 0.2) is 5.82 Å². The molecule has 0 aliphatic carbocycles. The van der Waals surface area contributed by atoms with Gasteiger partial charge in [-0.1, -0.05) is 18.7 Å². The van der Waals surface area contributed by atoms with Crippen molar-refractivity contribution in [3.05, 3.63) is 47.9 Å². The number of alkyl halides is 3. The van der Waals surface area contributed by atoms with E-state index in [0.717, 1.165) is 12.1 Å². The van der Waals surface area contributed by atoms with Crippen molar-refractivity contribution in [2.24, 2.45) is 0 Å². The zero-order valence-electron chi connectivity index (χ0n) is 10.1. The lowest BCUT2D eigenvalue weighted by molar-refractivity contribution is -0.139. The number of benzene rings is 1. The zero-order chi connectivity index (χ0) is 14.9. The molecule has 3 nitrogen and oxygen atoms in total. The summed E-state index contributed by atoms with van der Waals surface area (Å²) >= 11 is 0. The van der Waals surface area contributed by atoms with Crippen LogP contribution in [-0.4, -0.2) is 9.97 Å². The average Bonchev–Trinajstić information content (AvgIpc) is 2.37. The molecule has 1 aromatic heterocycles. The van der Waals surface area contributed by atoms with Crippen molar-refractivity contribution >= 4 is 11.9 Å². The van der Waals surface area contributed by atoms with Crippen LogP contribution in [0.1, 0.15) is 11.1 Å². The number of halogens is 4. The molecule has 0 atom stereocenters. The van der Waals surface area contributed by atoms with Crippen molar-refractivity contribution in [2.75, 3.05) is 5.73 Å². The summed E-state index contributed by atoms with van der Waals surface area (Å²) in [5.74, 6) is -1.23. The minimum Gasteiger partial charge on any atom is -0.383 e. The number of hydrogen-bond acceptors (Lipinski definition) is 3. The molecule has 2 N–H and O–H groups in total. The van der Waals surface area contributed by atoms with Gasteiger partial charge in [0.2, 0.25) is 0 Å². The standard InChI is InChI=1S/C13H9F4N3/c1-2-7-6-19-12(20-11(7)18)8-3-4-9(10(14)5-8)13(15,16)17/h2-6H,1H2,(H2,18,19,20). The highest BCUT2D eigenvalue weighted by atomic mass is 19.4. The van der Waals surface area contributed by atoms with Gasteiger partial charge in [-0.3, -0.25) is 0 Å². The number of hydrogen-bond donors (Lipinski definition) is 1. The van der Waals surface area contributed by atoms with E-state index >= 15 is 0 Å². The highest BCUT2D eigenvalue weighted by Crippen LogP contribution is 2.33. The summed E-state index contributed by atoms with van der Waals surface area (Å²) in [7, 11) is 0. The van der Waals surface area contributed by atoms with Crippen molar-refractivity contribution in [1.29, 1.82) is 0 Å². The molecule has 0 aliphatic rings. The van der Waals surface area contributed by atoms with Crippen LogP contribution >= 0.6 is 0 Å². The van der Waals surface area contributed by atoms with Gasteiger partial charge in [-0.15, -0.1) is 0 Å². The number of anilines is 1. The van der Waals surface area contributed by atoms with E-state index in [1.807, 2.05) is 0 Å². The first-order chi connectivity index (χ1) is 9.32. The van der Waals surface area contributed by atoms with Gasteiger partial charge >= 0.3 is 6.18 Å². The Morgan fingerprint density at radius 3 is 2.45 bits per heavy atom. The lowest BCUT2D eigenvalue weighted by Gasteiger charge is -2.09. The second kappa shape index (κ2) is 4.92. The molecule has 0 saturated heterocycles. The van der Waals surface area contributed by atoms with Gasteiger partial charge < -0.3 is 5.73 Å². The number of nitrogens with zero attached hydrogens (tertiary/aromatic N) is 2. The van der Waals surface area contributed by atoms with Gasteiger partial charge in [0.25, 0.3) is 0 Å². The first-order valence-corrected chi connectivity index (χ1v) is 5.45. The average molecular weight is 283 g/mol. The first-order valence-electron chi connectivity index (χ1n) is 5.45. The van der Waals surface area contributed by atoms with E-state index in [9.17, 15) is 17.6 Å². The van der Waals surface area contributed by atoms with E-state index in [2.05, 4.69) is 16.5 Å². The van der Waals surface area contributed by atoms with Gasteiger partial charge in [-0.2, -0.15) is 13.2 Å². The van der Waals surface area contributed by atoms with E-state index in [0.29, 0.717) is 11.6 Å². The van der Waals surface area contributed by atoms with Crippen LogP contribution in [0.25, 0.3) is 17.5 Å². The Balaban J connectivity index is 2.47. The van der Waals surface area contributed by atoms with Crippen molar-refractivity contribution < 1.29 is 17.6 Å². The van der Waals surface area contributed by atoms with Crippen molar-refractivity contribution in [2.45, 2.75) is 6.18 Å². The number of aromatic nitrogens is 2. The van der Waals surface area contributed by atoms with E-state index in [4.69, 9.17) is 5.73 Å². The number of nitrogens with two attached hydrogens (primary N) is 1. The Hall–Kier alpha value is -2.44. The lowest BCUT2D eigenvalue weighted by Crippen LogP contribution is -2.08. The molecule has 0 fully saturated rings. The molecule has 2 aromatic rings. The summed E-state index contributed by atoms with van der Waals surface area (Å²) in [5.41, 5.74) is 4.87. The second-order valence-corrected chi connectivity index (χ2v) is 3.93. The Bertz CT molecular complexity index is 665. The first kappa shape index (κ1) is 14.0. The van der Waals surface area contributed by atoms with Crippen LogP contribution in [0.15, 0.2) is 31.0 Å². The van der Waals surface area contributed by atoms with Gasteiger partial charge in [0.05, 0.1) is 5.56 Å². The zero-order valence-corrected chi connectivity index (χ0v) is 10.1. The molecule has 1 heterocycles. The van der Waals surface area contributed by atoms with Crippen LogP contribution in [0.5, 0.6) is 0 Å². The van der Waals surface area contributed by atoms with Crippen molar-refractivity contribution in [1.82, 2.24) is 9.97 Å². The molecule has 0 bridgehead atoms. The SMILES string of the molecule is C=Cc1cnc(-c2ccc(C(F)(F)F)c(F)c2)nc1N. The molecular formula is C13H9F4N3. The van der Waals surface area contributed by atoms with Gasteiger partial charge in [-0.25, -0.2) is 14.4 Å². The topological polar surface area (TPSA) is 51.8 Å². The van der Waals surface area contributed by atoms with E-state index in [1.165, 1.54) is 12.3 Å². The summed E-state index contributed by atoms with van der Waals surface area (Å²) in [6.45, 7) is 3.50. The molecular weight excluding hydrogens is 274 g/mol. The lowest BCUT2D eigenvalue weighted by atomic mass is 10.1. The Kier molecular flexibility index (Phi) is 3.44. The fourth-order valence-electron chi connectivity index (χ4n) is 1.58. The summed E-state index contributed by atoms with van der Waals surface area (Å²) < 4.78 is 50.8. The van der Waals surface area contributed by atoms with E-state index < -0.39 is 17.6 Å². The maximum Gasteiger partial charge on any atom is 0.419 e. The molecule has 0 radical (unpaired) electrons. The third-order valence-electron chi connectivity index (χ3n) is 2.60. The van der Waals surface area contributed by atoms with Crippen LogP contribution in [-0.2, 0) is 6.18 Å². The fourth-order valence-corrected chi connectivity index (χ4v) is 1.58. The minimum absolute atomic E-state index is 0.0423. The minimum atomic E-state index is -4.74. The third-order valence-corrected chi connectivity index (χ3v) is 2.60. The predicted molar refractivity (Wildman–Crippen MR) is 66.9 cm³/mol. The third kappa shape index (κ3) is 2.61. The predicted octanol–water partition coefficient (Wildman–Crippen LogP) is 3.53. The maximum atomic E-state index is 13.5. The summed E-state index contributed by atoms with van der Waals surface area (Å²) in [5, 5.41) is 0.